The summed E-state index contributed by atoms with van der Waals surface area (Å²) in [6, 6.07) is 3.35. The van der Waals surface area contributed by atoms with Gasteiger partial charge in [-0.15, -0.1) is 0 Å². The molecule has 0 bridgehead atoms. The van der Waals surface area contributed by atoms with Crippen LogP contribution in [0.15, 0.2) is 23.1 Å². The van der Waals surface area contributed by atoms with Crippen LogP contribution >= 0.6 is 0 Å². The first kappa shape index (κ1) is 13.3. The van der Waals surface area contributed by atoms with Crippen LogP contribution < -0.4 is 21.9 Å². The molecule has 0 heterocycles. The Balaban J connectivity index is 3.11. The highest BCUT2D eigenvalue weighted by molar-refractivity contribution is 7.89. The highest BCUT2D eigenvalue weighted by Crippen LogP contribution is 2.20. The first-order valence-corrected chi connectivity index (χ1v) is 6.24. The summed E-state index contributed by atoms with van der Waals surface area (Å²) >= 11 is 0. The van der Waals surface area contributed by atoms with Crippen LogP contribution in [0, 0.1) is 0 Å². The number of anilines is 2. The fourth-order valence-electron chi connectivity index (χ4n) is 1.19. The van der Waals surface area contributed by atoms with Crippen LogP contribution in [0.25, 0.3) is 0 Å². The van der Waals surface area contributed by atoms with Gasteiger partial charge in [-0.05, 0) is 25.1 Å². The number of primary sulfonamides is 1. The largest absolute Gasteiger partial charge is 0.399 e. The molecule has 94 valence electrons. The topological polar surface area (TPSA) is 141 Å². The molecule has 0 fully saturated rings. The molecule has 7 nitrogen and oxygen atoms in total. The minimum atomic E-state index is -3.84. The van der Waals surface area contributed by atoms with Gasteiger partial charge in [0.2, 0.25) is 15.9 Å². The molecule has 0 saturated carbocycles. The molecule has 8 heteroatoms. The number of carbonyl (C=O) groups excluding carboxylic acids is 1. The molecule has 0 aliphatic rings. The van der Waals surface area contributed by atoms with Crippen molar-refractivity contribution < 1.29 is 13.2 Å². The van der Waals surface area contributed by atoms with Gasteiger partial charge in [-0.2, -0.15) is 0 Å². The maximum absolute atomic E-state index is 11.2. The van der Waals surface area contributed by atoms with Crippen molar-refractivity contribution >= 4 is 27.3 Å². The fraction of sp³-hybridized carbons (Fsp3) is 0.222. The molecule has 0 aliphatic heterocycles. The van der Waals surface area contributed by atoms with E-state index in [0.29, 0.717) is 5.69 Å². The van der Waals surface area contributed by atoms with Crippen LogP contribution in [0.3, 0.4) is 0 Å². The average Bonchev–Trinajstić information content (AvgIpc) is 2.15. The van der Waals surface area contributed by atoms with Crippen molar-refractivity contribution in [3.63, 3.8) is 0 Å². The number of hydrogen-bond donors (Lipinski definition) is 4. The van der Waals surface area contributed by atoms with Gasteiger partial charge in [-0.3, -0.25) is 4.79 Å². The monoisotopic (exact) mass is 258 g/mol. The van der Waals surface area contributed by atoms with Crippen molar-refractivity contribution in [2.45, 2.75) is 17.9 Å². The normalized spacial score (nSPS) is 13.1. The van der Waals surface area contributed by atoms with E-state index in [1.54, 1.807) is 6.92 Å². The standard InChI is InChI=1S/C9H14N4O3S/c1-5(9(11)14)13-7-2-6(10)3-8(4-7)17(12,15)16/h2-5,13H,10H2,1H3,(H2,11,14)(H2,12,15,16). The number of nitrogens with one attached hydrogen (secondary N) is 1. The molecule has 1 rings (SSSR count). The SMILES string of the molecule is CC(Nc1cc(N)cc(S(N)(=O)=O)c1)C(N)=O. The number of hydrogen-bond acceptors (Lipinski definition) is 5. The summed E-state index contributed by atoms with van der Waals surface area (Å²) in [5, 5.41) is 7.70. The quantitative estimate of drug-likeness (QED) is 0.523. The molecule has 1 unspecified atom stereocenters. The summed E-state index contributed by atoms with van der Waals surface area (Å²) in [5.41, 5.74) is 11.2. The van der Waals surface area contributed by atoms with Gasteiger partial charge in [0.05, 0.1) is 4.90 Å². The Labute approximate surface area is 99.0 Å². The van der Waals surface area contributed by atoms with Gasteiger partial charge in [0.15, 0.2) is 0 Å². The Morgan fingerprint density at radius 1 is 1.35 bits per heavy atom. The molecule has 0 aromatic heterocycles. The number of nitrogen functional groups attached to an aromatic ring is 1. The van der Waals surface area contributed by atoms with E-state index in [1.165, 1.54) is 18.2 Å². The molecule has 7 N–H and O–H groups in total. The van der Waals surface area contributed by atoms with Crippen LogP contribution in [0.5, 0.6) is 0 Å². The third-order valence-electron chi connectivity index (χ3n) is 2.07. The van der Waals surface area contributed by atoms with Gasteiger partial charge in [-0.25, -0.2) is 13.6 Å². The van der Waals surface area contributed by atoms with E-state index in [9.17, 15) is 13.2 Å². The Kier molecular flexibility index (Phi) is 3.59. The summed E-state index contributed by atoms with van der Waals surface area (Å²) in [5.74, 6) is -0.565. The maximum Gasteiger partial charge on any atom is 0.239 e. The zero-order valence-corrected chi connectivity index (χ0v) is 9.99. The van der Waals surface area contributed by atoms with Gasteiger partial charge in [-0.1, -0.05) is 0 Å². The molecule has 1 aromatic rings. The number of rotatable bonds is 4. The lowest BCUT2D eigenvalue weighted by Gasteiger charge is -2.13. The zero-order chi connectivity index (χ0) is 13.2. The van der Waals surface area contributed by atoms with E-state index in [-0.39, 0.29) is 10.6 Å². The van der Waals surface area contributed by atoms with Crippen molar-refractivity contribution in [2.24, 2.45) is 10.9 Å². The van der Waals surface area contributed by atoms with Crippen molar-refractivity contribution in [3.05, 3.63) is 18.2 Å². The Morgan fingerprint density at radius 2 is 1.94 bits per heavy atom. The Bertz CT molecular complexity index is 541. The third kappa shape index (κ3) is 3.61. The Hall–Kier alpha value is -1.80. The Morgan fingerprint density at radius 3 is 2.41 bits per heavy atom. The lowest BCUT2D eigenvalue weighted by Crippen LogP contribution is -2.32. The van der Waals surface area contributed by atoms with Gasteiger partial charge >= 0.3 is 0 Å². The number of carbonyl (C=O) groups is 1. The zero-order valence-electron chi connectivity index (χ0n) is 9.17. The molecule has 0 saturated heterocycles. The van der Waals surface area contributed by atoms with Crippen LogP contribution in [0.4, 0.5) is 11.4 Å². The molecule has 0 spiro atoms. The third-order valence-corrected chi connectivity index (χ3v) is 2.96. The molecular weight excluding hydrogens is 244 g/mol. The van der Waals surface area contributed by atoms with Gasteiger partial charge in [0.25, 0.3) is 0 Å². The average molecular weight is 258 g/mol. The molecule has 1 amide bonds. The summed E-state index contributed by atoms with van der Waals surface area (Å²) in [4.78, 5) is 10.7. The predicted molar refractivity (Wildman–Crippen MR) is 64.5 cm³/mol. The summed E-state index contributed by atoms with van der Waals surface area (Å²) in [6.45, 7) is 1.54. The van der Waals surface area contributed by atoms with Crippen LogP contribution in [0.2, 0.25) is 0 Å². The van der Waals surface area contributed by atoms with Gasteiger partial charge < -0.3 is 16.8 Å². The number of sulfonamides is 1. The molecule has 1 aromatic carbocycles. The fourth-order valence-corrected chi connectivity index (χ4v) is 1.78. The van der Waals surface area contributed by atoms with E-state index in [0.717, 1.165) is 0 Å². The van der Waals surface area contributed by atoms with E-state index in [1.807, 2.05) is 0 Å². The lowest BCUT2D eigenvalue weighted by molar-refractivity contribution is -0.118. The maximum atomic E-state index is 11.2. The minimum absolute atomic E-state index is 0.128. The van der Waals surface area contributed by atoms with Gasteiger partial charge in [0, 0.05) is 11.4 Å². The predicted octanol–water partition coefficient (Wildman–Crippen LogP) is -0.798. The second-order valence-corrected chi connectivity index (χ2v) is 5.17. The first-order valence-electron chi connectivity index (χ1n) is 4.69. The highest BCUT2D eigenvalue weighted by atomic mass is 32.2. The molecule has 1 atom stereocenters. The van der Waals surface area contributed by atoms with E-state index >= 15 is 0 Å². The highest BCUT2D eigenvalue weighted by Gasteiger charge is 2.13. The van der Waals surface area contributed by atoms with Crippen molar-refractivity contribution in [2.75, 3.05) is 11.1 Å². The minimum Gasteiger partial charge on any atom is -0.399 e. The molecular formula is C9H14N4O3S. The molecule has 0 aliphatic carbocycles. The smallest absolute Gasteiger partial charge is 0.239 e. The van der Waals surface area contributed by atoms with Crippen molar-refractivity contribution in [1.29, 1.82) is 0 Å². The second kappa shape index (κ2) is 4.60. The summed E-state index contributed by atoms with van der Waals surface area (Å²) in [6.07, 6.45) is 0. The number of primary amides is 1. The van der Waals surface area contributed by atoms with Crippen molar-refractivity contribution in [3.8, 4) is 0 Å². The second-order valence-electron chi connectivity index (χ2n) is 3.60. The van der Waals surface area contributed by atoms with Crippen LogP contribution in [0.1, 0.15) is 6.92 Å². The van der Waals surface area contributed by atoms with Crippen LogP contribution in [-0.4, -0.2) is 20.4 Å². The number of nitrogens with two attached hydrogens (primary N) is 3. The van der Waals surface area contributed by atoms with E-state index < -0.39 is 22.0 Å². The van der Waals surface area contributed by atoms with E-state index in [2.05, 4.69) is 5.32 Å². The van der Waals surface area contributed by atoms with Gasteiger partial charge in [0.1, 0.15) is 6.04 Å². The van der Waals surface area contributed by atoms with E-state index in [4.69, 9.17) is 16.6 Å². The number of benzene rings is 1. The summed E-state index contributed by atoms with van der Waals surface area (Å²) in [7, 11) is -3.84. The summed E-state index contributed by atoms with van der Waals surface area (Å²) < 4.78 is 22.3. The first-order chi connectivity index (χ1) is 7.70. The van der Waals surface area contributed by atoms with Crippen LogP contribution in [-0.2, 0) is 14.8 Å². The van der Waals surface area contributed by atoms with Crippen molar-refractivity contribution in [1.82, 2.24) is 0 Å². The lowest BCUT2D eigenvalue weighted by atomic mass is 10.2. The molecule has 0 radical (unpaired) electrons. The number of amides is 1. The molecule has 17 heavy (non-hydrogen) atoms.